The first-order chi connectivity index (χ1) is 17.1. The van der Waals surface area contributed by atoms with E-state index in [1.165, 1.54) is 13.1 Å². The molecule has 12 heteroatoms. The minimum atomic E-state index is -0.945. The van der Waals surface area contributed by atoms with Gasteiger partial charge < -0.3 is 14.7 Å². The molecule has 0 unspecified atom stereocenters. The van der Waals surface area contributed by atoms with Gasteiger partial charge in [0, 0.05) is 30.7 Å². The summed E-state index contributed by atoms with van der Waals surface area (Å²) in [5.74, 6) is -1.62. The van der Waals surface area contributed by atoms with Crippen LogP contribution in [0.4, 0.5) is 0 Å². The van der Waals surface area contributed by atoms with Crippen molar-refractivity contribution in [3.05, 3.63) is 79.6 Å². The summed E-state index contributed by atoms with van der Waals surface area (Å²) in [6, 6.07) is 8.64. The summed E-state index contributed by atoms with van der Waals surface area (Å²) in [5.41, 5.74) is 1.84. The first-order valence-electron chi connectivity index (χ1n) is 11.1. The summed E-state index contributed by atoms with van der Waals surface area (Å²) in [6.45, 7) is 4.56. The number of benzene rings is 2. The topological polar surface area (TPSA) is 132 Å². The van der Waals surface area contributed by atoms with Gasteiger partial charge in [0.2, 0.25) is 0 Å². The number of phenols is 1. The zero-order chi connectivity index (χ0) is 25.7. The van der Waals surface area contributed by atoms with Crippen molar-refractivity contribution in [2.45, 2.75) is 32.9 Å². The number of halogens is 1. The van der Waals surface area contributed by atoms with Crippen molar-refractivity contribution in [1.82, 2.24) is 29.3 Å². The number of aryl methyl sites for hydroxylation is 1. The number of aromatic nitrogens is 5. The van der Waals surface area contributed by atoms with Gasteiger partial charge in [0.15, 0.2) is 11.3 Å². The van der Waals surface area contributed by atoms with Crippen LogP contribution in [0.15, 0.2) is 45.9 Å². The quantitative estimate of drug-likeness (QED) is 0.302. The maximum atomic E-state index is 13.6. The van der Waals surface area contributed by atoms with Crippen LogP contribution in [-0.4, -0.2) is 46.3 Å². The number of hydrogen-bond acceptors (Lipinski definition) is 8. The minimum absolute atomic E-state index is 0.0837. The van der Waals surface area contributed by atoms with Gasteiger partial charge in [-0.3, -0.25) is 4.79 Å². The standard InChI is InChI=1S/C24H21BrN6O5/c1-12(2)16-7-17(22(33)30-9-13-4-5-15(25)6-14(13)10-30)19(8-18(16)32)36-23(34)20-21-27-28-29(3)24(35)31(21)11-26-20/h4-8,11-12,32H,9-10H2,1-3H3. The summed E-state index contributed by atoms with van der Waals surface area (Å²) in [6.07, 6.45) is 1.15. The van der Waals surface area contributed by atoms with Gasteiger partial charge in [-0.15, -0.1) is 5.10 Å². The number of imidazole rings is 1. The Hall–Kier alpha value is -4.06. The molecule has 1 amide bonds. The molecule has 184 valence electrons. The molecule has 36 heavy (non-hydrogen) atoms. The molecule has 2 aromatic carbocycles. The fourth-order valence-electron chi connectivity index (χ4n) is 4.15. The van der Waals surface area contributed by atoms with Gasteiger partial charge >= 0.3 is 11.7 Å². The normalized spacial score (nSPS) is 12.9. The summed E-state index contributed by atoms with van der Waals surface area (Å²) in [5, 5.41) is 18.1. The SMILES string of the molecule is CC(C)c1cc(C(=O)N2Cc3ccc(Br)cc3C2)c(OC(=O)c2ncn3c(=O)n(C)nnc23)cc1O. The second-order valence-corrected chi connectivity index (χ2v) is 9.72. The molecule has 1 N–H and O–H groups in total. The molecule has 0 saturated heterocycles. The van der Waals surface area contributed by atoms with Gasteiger partial charge in [-0.25, -0.2) is 19.0 Å². The number of hydrogen-bond donors (Lipinski definition) is 1. The predicted molar refractivity (Wildman–Crippen MR) is 131 cm³/mol. The Kier molecular flexibility index (Phi) is 5.83. The average molecular weight is 553 g/mol. The third-order valence-electron chi connectivity index (χ3n) is 6.05. The molecule has 1 aliphatic rings. The first-order valence-corrected chi connectivity index (χ1v) is 11.9. The Labute approximate surface area is 213 Å². The van der Waals surface area contributed by atoms with Crippen molar-refractivity contribution in [3.8, 4) is 11.5 Å². The number of aromatic hydroxyl groups is 1. The van der Waals surface area contributed by atoms with Crippen LogP contribution in [0, 0.1) is 0 Å². The smallest absolute Gasteiger partial charge is 0.366 e. The van der Waals surface area contributed by atoms with E-state index >= 15 is 0 Å². The predicted octanol–water partition coefficient (Wildman–Crippen LogP) is 2.79. The van der Waals surface area contributed by atoms with Crippen LogP contribution in [0.5, 0.6) is 11.5 Å². The highest BCUT2D eigenvalue weighted by atomic mass is 79.9. The lowest BCUT2D eigenvalue weighted by molar-refractivity contribution is 0.0710. The zero-order valence-electron chi connectivity index (χ0n) is 19.6. The summed E-state index contributed by atoms with van der Waals surface area (Å²) in [4.78, 5) is 44.5. The molecule has 0 bridgehead atoms. The van der Waals surface area contributed by atoms with Gasteiger partial charge in [-0.2, -0.15) is 4.68 Å². The molecule has 1 aliphatic heterocycles. The molecule has 0 aliphatic carbocycles. The Morgan fingerprint density at radius 1 is 1.14 bits per heavy atom. The second-order valence-electron chi connectivity index (χ2n) is 8.81. The van der Waals surface area contributed by atoms with Gasteiger partial charge in [-0.05, 0) is 40.8 Å². The number of carbonyl (C=O) groups is 2. The van der Waals surface area contributed by atoms with E-state index in [2.05, 4.69) is 31.2 Å². The minimum Gasteiger partial charge on any atom is -0.508 e. The van der Waals surface area contributed by atoms with Crippen LogP contribution in [0.3, 0.4) is 0 Å². The van der Waals surface area contributed by atoms with Gasteiger partial charge in [-0.1, -0.05) is 41.1 Å². The summed E-state index contributed by atoms with van der Waals surface area (Å²) >= 11 is 3.46. The summed E-state index contributed by atoms with van der Waals surface area (Å²) in [7, 11) is 1.42. The number of phenolic OH excluding ortho intramolecular Hbond substituents is 1. The van der Waals surface area contributed by atoms with Crippen molar-refractivity contribution in [3.63, 3.8) is 0 Å². The van der Waals surface area contributed by atoms with Crippen LogP contribution in [0.25, 0.3) is 5.65 Å². The molecule has 11 nitrogen and oxygen atoms in total. The van der Waals surface area contributed by atoms with Crippen molar-refractivity contribution in [1.29, 1.82) is 0 Å². The Morgan fingerprint density at radius 2 is 1.89 bits per heavy atom. The number of ether oxygens (including phenoxy) is 1. The van der Waals surface area contributed by atoms with Gasteiger partial charge in [0.05, 0.1) is 5.56 Å². The first kappa shape index (κ1) is 23.7. The van der Waals surface area contributed by atoms with E-state index in [4.69, 9.17) is 4.74 Å². The lowest BCUT2D eigenvalue weighted by Crippen LogP contribution is -2.28. The van der Waals surface area contributed by atoms with Gasteiger partial charge in [0.1, 0.15) is 17.8 Å². The molecule has 0 saturated carbocycles. The molecule has 0 atom stereocenters. The van der Waals surface area contributed by atoms with Crippen LogP contribution in [-0.2, 0) is 20.1 Å². The molecular weight excluding hydrogens is 532 g/mol. The second kappa shape index (κ2) is 8.86. The number of nitrogens with zero attached hydrogens (tertiary/aromatic N) is 6. The molecule has 2 aromatic heterocycles. The van der Waals surface area contributed by atoms with Crippen molar-refractivity contribution in [2.75, 3.05) is 0 Å². The maximum absolute atomic E-state index is 13.6. The molecule has 0 fully saturated rings. The van der Waals surface area contributed by atoms with E-state index < -0.39 is 11.7 Å². The van der Waals surface area contributed by atoms with Crippen LogP contribution >= 0.6 is 15.9 Å². The number of esters is 1. The zero-order valence-corrected chi connectivity index (χ0v) is 21.2. The van der Waals surface area contributed by atoms with E-state index in [1.807, 2.05) is 32.0 Å². The van der Waals surface area contributed by atoms with Crippen molar-refractivity contribution < 1.29 is 19.4 Å². The third kappa shape index (κ3) is 4.02. The van der Waals surface area contributed by atoms with Crippen molar-refractivity contribution in [2.24, 2.45) is 7.05 Å². The van der Waals surface area contributed by atoms with Crippen molar-refractivity contribution >= 4 is 33.5 Å². The average Bonchev–Trinajstić information content (AvgIpc) is 3.45. The highest BCUT2D eigenvalue weighted by Gasteiger charge is 2.29. The fraction of sp³-hybridized carbons (Fsp3) is 0.250. The molecule has 3 heterocycles. The highest BCUT2D eigenvalue weighted by molar-refractivity contribution is 9.10. The van der Waals surface area contributed by atoms with Crippen LogP contribution in [0.1, 0.15) is 57.3 Å². The highest BCUT2D eigenvalue weighted by Crippen LogP contribution is 2.36. The van der Waals surface area contributed by atoms with Crippen LogP contribution < -0.4 is 10.4 Å². The van der Waals surface area contributed by atoms with E-state index in [0.717, 1.165) is 31.0 Å². The third-order valence-corrected chi connectivity index (χ3v) is 6.55. The lowest BCUT2D eigenvalue weighted by Gasteiger charge is -2.20. The number of carbonyl (C=O) groups excluding carboxylic acids is 2. The largest absolute Gasteiger partial charge is 0.508 e. The Balaban J connectivity index is 1.52. The molecule has 4 aromatic rings. The number of amides is 1. The molecule has 0 radical (unpaired) electrons. The van der Waals surface area contributed by atoms with Gasteiger partial charge in [0.25, 0.3) is 5.91 Å². The Bertz CT molecular complexity index is 1610. The van der Waals surface area contributed by atoms with E-state index in [1.54, 1.807) is 11.0 Å². The molecular formula is C24H21BrN6O5. The summed E-state index contributed by atoms with van der Waals surface area (Å²) < 4.78 is 8.53. The Morgan fingerprint density at radius 3 is 2.64 bits per heavy atom. The number of rotatable bonds is 4. The lowest BCUT2D eigenvalue weighted by atomic mass is 9.98. The van der Waals surface area contributed by atoms with E-state index in [0.29, 0.717) is 18.7 Å². The fourth-order valence-corrected chi connectivity index (χ4v) is 4.56. The molecule has 5 rings (SSSR count). The number of fused-ring (bicyclic) bond motifs is 2. The maximum Gasteiger partial charge on any atom is 0.366 e. The van der Waals surface area contributed by atoms with Crippen LogP contribution in [0.2, 0.25) is 0 Å². The molecule has 0 spiro atoms. The monoisotopic (exact) mass is 552 g/mol. The van der Waals surface area contributed by atoms with E-state index in [9.17, 15) is 19.5 Å². The van der Waals surface area contributed by atoms with E-state index in [-0.39, 0.29) is 40.2 Å².